The average Bonchev–Trinajstić information content (AvgIpc) is 3.81. The first-order valence-electron chi connectivity index (χ1n) is 13.8. The van der Waals surface area contributed by atoms with Crippen molar-refractivity contribution in [3.8, 4) is 6.07 Å². The van der Waals surface area contributed by atoms with Crippen LogP contribution in [0.2, 0.25) is 0 Å². The molecule has 0 spiro atoms. The minimum absolute atomic E-state index is 0.142. The molecule has 1 N–H and O–H groups in total. The molecule has 228 valence electrons. The van der Waals surface area contributed by atoms with Crippen molar-refractivity contribution in [2.45, 2.75) is 62.7 Å². The number of alkyl halides is 3. The summed E-state index contributed by atoms with van der Waals surface area (Å²) in [7, 11) is -2.39. The number of aromatic nitrogens is 3. The van der Waals surface area contributed by atoms with Gasteiger partial charge in [0.1, 0.15) is 23.3 Å². The quantitative estimate of drug-likeness (QED) is 0.424. The molecule has 11 nitrogen and oxygen atoms in total. The normalized spacial score (nSPS) is 20.5. The van der Waals surface area contributed by atoms with Crippen molar-refractivity contribution in [2.24, 2.45) is 7.05 Å². The topological polar surface area (TPSA) is 141 Å². The second-order valence-corrected chi connectivity index (χ2v) is 12.9. The molecule has 1 aliphatic heterocycles. The van der Waals surface area contributed by atoms with Gasteiger partial charge in [-0.25, -0.2) is 18.2 Å². The van der Waals surface area contributed by atoms with E-state index in [4.69, 9.17) is 0 Å². The van der Waals surface area contributed by atoms with Crippen molar-refractivity contribution in [3.63, 3.8) is 0 Å². The number of rotatable bonds is 7. The Bertz CT molecular complexity index is 1770. The molecule has 1 amide bonds. The van der Waals surface area contributed by atoms with E-state index in [1.165, 1.54) is 22.8 Å². The summed E-state index contributed by atoms with van der Waals surface area (Å²) in [5.41, 5.74) is -0.229. The number of pyridine rings is 1. The van der Waals surface area contributed by atoms with Gasteiger partial charge in [0, 0.05) is 32.2 Å². The number of hydrogen-bond donors (Lipinski definition) is 1. The number of anilines is 1. The van der Waals surface area contributed by atoms with Gasteiger partial charge in [-0.1, -0.05) is 19.1 Å². The van der Waals surface area contributed by atoms with Crippen LogP contribution < -0.4 is 15.3 Å². The Hall–Kier alpha value is -4.03. The van der Waals surface area contributed by atoms with Crippen LogP contribution in [-0.2, 0) is 28.0 Å². The molecular weight excluding hydrogens is 587 g/mol. The summed E-state index contributed by atoms with van der Waals surface area (Å²) in [6.45, 7) is 4.12. The first-order valence-corrected chi connectivity index (χ1v) is 15.3. The molecule has 1 aliphatic carbocycles. The van der Waals surface area contributed by atoms with Gasteiger partial charge in [-0.3, -0.25) is 19.0 Å². The predicted molar refractivity (Wildman–Crippen MR) is 151 cm³/mol. The van der Waals surface area contributed by atoms with Crippen molar-refractivity contribution in [1.82, 2.24) is 24.2 Å². The number of benzene rings is 1. The Morgan fingerprint density at radius 1 is 1.14 bits per heavy atom. The van der Waals surface area contributed by atoms with E-state index in [1.54, 1.807) is 18.0 Å². The lowest BCUT2D eigenvalue weighted by Gasteiger charge is -2.48. The summed E-state index contributed by atoms with van der Waals surface area (Å²) in [6.07, 6.45) is -3.25. The Morgan fingerprint density at radius 2 is 1.81 bits per heavy atom. The van der Waals surface area contributed by atoms with Crippen molar-refractivity contribution >= 4 is 32.8 Å². The number of nitriles is 1. The minimum Gasteiger partial charge on any atom is -0.349 e. The van der Waals surface area contributed by atoms with Crippen LogP contribution in [0, 0.1) is 11.3 Å². The maximum atomic E-state index is 13.7. The van der Waals surface area contributed by atoms with Gasteiger partial charge in [0.15, 0.2) is 5.82 Å². The molecule has 5 rings (SSSR count). The number of halogens is 3. The highest BCUT2D eigenvalue weighted by molar-refractivity contribution is 7.90. The van der Waals surface area contributed by atoms with Gasteiger partial charge in [-0.2, -0.15) is 23.4 Å². The highest BCUT2D eigenvalue weighted by Crippen LogP contribution is 2.36. The molecule has 15 heteroatoms. The highest BCUT2D eigenvalue weighted by atomic mass is 32.2. The molecule has 1 saturated heterocycles. The summed E-state index contributed by atoms with van der Waals surface area (Å²) in [5.74, 6) is -0.573. The lowest BCUT2D eigenvalue weighted by Crippen LogP contribution is -2.60. The van der Waals surface area contributed by atoms with Gasteiger partial charge in [0.05, 0.1) is 16.3 Å². The average molecular weight is 618 g/mol. The van der Waals surface area contributed by atoms with Crippen LogP contribution in [0.5, 0.6) is 0 Å². The molecule has 2 aromatic heterocycles. The third-order valence-corrected chi connectivity index (χ3v) is 9.85. The van der Waals surface area contributed by atoms with E-state index >= 15 is 0 Å². The van der Waals surface area contributed by atoms with E-state index < -0.39 is 56.7 Å². The predicted octanol–water partition coefficient (Wildman–Crippen LogP) is 2.86. The molecule has 2 aliphatic rings. The molecular formula is C28H30F3N7O4S. The number of carbonyl (C=O) groups is 1. The third-order valence-electron chi connectivity index (χ3n) is 8.02. The number of fused-ring (bicyclic) bond motifs is 1. The zero-order chi connectivity index (χ0) is 31.3. The number of sulfonamides is 1. The molecule has 0 radical (unpaired) electrons. The van der Waals surface area contributed by atoms with Crippen LogP contribution in [0.15, 0.2) is 41.2 Å². The number of nitrogens with zero attached hydrogens (tertiary/aromatic N) is 6. The molecule has 43 heavy (non-hydrogen) atoms. The minimum atomic E-state index is -4.58. The number of hydrogen-bond acceptors (Lipinski definition) is 9. The van der Waals surface area contributed by atoms with Crippen molar-refractivity contribution in [3.05, 3.63) is 63.7 Å². The van der Waals surface area contributed by atoms with Crippen LogP contribution in [0.25, 0.3) is 11.0 Å². The van der Waals surface area contributed by atoms with Crippen LogP contribution >= 0.6 is 0 Å². The van der Waals surface area contributed by atoms with E-state index in [-0.39, 0.29) is 30.2 Å². The Balaban J connectivity index is 1.54. The summed E-state index contributed by atoms with van der Waals surface area (Å²) >= 11 is 0. The SMILES string of the molecule is CC[C@@H]1CN(c2nc(=O)n(C)c3ccc(C#N)nc23)[C@@H](C)CN1C(C(=O)NS(=O)(=O)C1CC1)c1ccc(C(F)(F)F)cc1. The maximum absolute atomic E-state index is 13.7. The van der Waals surface area contributed by atoms with Crippen LogP contribution in [0.3, 0.4) is 0 Å². The monoisotopic (exact) mass is 617 g/mol. The summed E-state index contributed by atoms with van der Waals surface area (Å²) in [4.78, 5) is 38.8. The smallest absolute Gasteiger partial charge is 0.349 e. The van der Waals surface area contributed by atoms with Crippen LogP contribution in [-0.4, -0.2) is 64.2 Å². The molecule has 0 bridgehead atoms. The van der Waals surface area contributed by atoms with E-state index in [1.807, 2.05) is 24.8 Å². The molecule has 3 aromatic rings. The van der Waals surface area contributed by atoms with E-state index in [0.717, 1.165) is 12.1 Å². The van der Waals surface area contributed by atoms with Gasteiger partial charge < -0.3 is 4.90 Å². The number of piperazine rings is 1. The summed E-state index contributed by atoms with van der Waals surface area (Å²) in [5, 5.41) is 8.75. The van der Waals surface area contributed by atoms with Crippen molar-refractivity contribution in [1.29, 1.82) is 5.26 Å². The Morgan fingerprint density at radius 3 is 2.40 bits per heavy atom. The number of carbonyl (C=O) groups excluding carboxylic acids is 1. The Labute approximate surface area is 246 Å². The van der Waals surface area contributed by atoms with Gasteiger partial charge in [0.25, 0.3) is 5.91 Å². The standard InChI is InChI=1S/C28H30F3N7O4S/c1-4-20-15-37(25-23-22(36(3)27(40)34-25)12-9-19(13-32)33-23)16(2)14-38(20)24(26(39)35-43(41,42)21-10-11-21)17-5-7-18(8-6-17)28(29,30)31/h5-9,12,16,20-21,24H,4,10-11,14-15H2,1-3H3,(H,35,39)/t16-,20+,24?/m0/s1. The largest absolute Gasteiger partial charge is 0.416 e. The van der Waals surface area contributed by atoms with Crippen LogP contribution in [0.1, 0.15) is 56.0 Å². The highest BCUT2D eigenvalue weighted by Gasteiger charge is 2.43. The number of nitrogens with one attached hydrogen (secondary N) is 1. The molecule has 2 fully saturated rings. The zero-order valence-corrected chi connectivity index (χ0v) is 24.5. The first-order chi connectivity index (χ1) is 20.2. The second kappa shape index (κ2) is 11.2. The fourth-order valence-electron chi connectivity index (χ4n) is 5.52. The van der Waals surface area contributed by atoms with Crippen LogP contribution in [0.4, 0.5) is 19.0 Å². The van der Waals surface area contributed by atoms with Crippen molar-refractivity contribution in [2.75, 3.05) is 18.0 Å². The third kappa shape index (κ3) is 5.94. The molecule has 3 atom stereocenters. The fourth-order valence-corrected chi connectivity index (χ4v) is 6.83. The van der Waals surface area contributed by atoms with E-state index in [2.05, 4.69) is 14.7 Å². The maximum Gasteiger partial charge on any atom is 0.416 e. The van der Waals surface area contributed by atoms with E-state index in [9.17, 15) is 36.4 Å². The summed E-state index contributed by atoms with van der Waals surface area (Å²) < 4.78 is 68.9. The molecule has 1 unspecified atom stereocenters. The number of amides is 1. The van der Waals surface area contributed by atoms with Gasteiger partial charge >= 0.3 is 11.9 Å². The lowest BCUT2D eigenvalue weighted by atomic mass is 9.96. The zero-order valence-electron chi connectivity index (χ0n) is 23.7. The Kier molecular flexibility index (Phi) is 7.95. The molecule has 1 saturated carbocycles. The molecule has 3 heterocycles. The summed E-state index contributed by atoms with van der Waals surface area (Å²) in [6, 6.07) is 7.26. The fraction of sp³-hybridized carbons (Fsp3) is 0.464. The van der Waals surface area contributed by atoms with Gasteiger partial charge in [-0.15, -0.1) is 0 Å². The number of aryl methyl sites for hydroxylation is 1. The molecule has 1 aromatic carbocycles. The lowest BCUT2D eigenvalue weighted by molar-refractivity contribution is -0.137. The first kappa shape index (κ1) is 30.4. The van der Waals surface area contributed by atoms with Gasteiger partial charge in [-0.05, 0) is 56.0 Å². The van der Waals surface area contributed by atoms with Gasteiger partial charge in [0.2, 0.25) is 10.0 Å². The van der Waals surface area contributed by atoms with E-state index in [0.29, 0.717) is 30.3 Å². The second-order valence-electron chi connectivity index (χ2n) is 10.9. The van der Waals surface area contributed by atoms with Crippen molar-refractivity contribution < 1.29 is 26.4 Å².